The van der Waals surface area contributed by atoms with Crippen LogP contribution in [0.2, 0.25) is 0 Å². The molecule has 6 nitrogen and oxygen atoms in total. The van der Waals surface area contributed by atoms with E-state index in [9.17, 15) is 19.2 Å². The highest BCUT2D eigenvalue weighted by atomic mass is 32.2. The van der Waals surface area contributed by atoms with Gasteiger partial charge in [-0.25, -0.2) is 9.59 Å². The van der Waals surface area contributed by atoms with Crippen LogP contribution in [0, 0.1) is 0 Å². The number of rotatable bonds is 16. The van der Waals surface area contributed by atoms with E-state index in [-0.39, 0.29) is 33.9 Å². The molecular formula is C24H34O6S3. The third-order valence-electron chi connectivity index (χ3n) is 3.89. The molecule has 0 spiro atoms. The van der Waals surface area contributed by atoms with E-state index in [0.29, 0.717) is 46.6 Å². The van der Waals surface area contributed by atoms with Crippen LogP contribution >= 0.6 is 35.3 Å². The average Bonchev–Trinajstić information content (AvgIpc) is 2.72. The molecule has 0 rings (SSSR count). The Balaban J connectivity index is 4.93. The SMILES string of the molecule is C=C(C)C(=O)OCCC(CSCC(CCOC(=O)C(=C)C)SC(=O)C(=C)C)SC(=O)C(=C)C. The minimum Gasteiger partial charge on any atom is -0.462 e. The lowest BCUT2D eigenvalue weighted by molar-refractivity contribution is -0.139. The van der Waals surface area contributed by atoms with Gasteiger partial charge >= 0.3 is 11.9 Å². The fraction of sp³-hybridized carbons (Fsp3) is 0.500. The summed E-state index contributed by atoms with van der Waals surface area (Å²) in [6.07, 6.45) is 0.989. The summed E-state index contributed by atoms with van der Waals surface area (Å²) < 4.78 is 10.3. The summed E-state index contributed by atoms with van der Waals surface area (Å²) in [5, 5.41) is -0.412. The average molecular weight is 515 g/mol. The van der Waals surface area contributed by atoms with Crippen LogP contribution < -0.4 is 0 Å². The molecule has 0 aliphatic carbocycles. The van der Waals surface area contributed by atoms with Gasteiger partial charge in [0.05, 0.1) is 13.2 Å². The molecule has 2 atom stereocenters. The molecule has 0 amide bonds. The zero-order chi connectivity index (χ0) is 25.6. The highest BCUT2D eigenvalue weighted by Crippen LogP contribution is 2.27. The fourth-order valence-electron chi connectivity index (χ4n) is 2.00. The van der Waals surface area contributed by atoms with Gasteiger partial charge in [0.15, 0.2) is 0 Å². The molecule has 0 fully saturated rings. The van der Waals surface area contributed by atoms with Crippen LogP contribution in [0.3, 0.4) is 0 Å². The summed E-state index contributed by atoms with van der Waals surface area (Å²) in [7, 11) is 0. The second-order valence-electron chi connectivity index (χ2n) is 7.56. The second-order valence-corrected chi connectivity index (χ2v) is 11.2. The van der Waals surface area contributed by atoms with E-state index >= 15 is 0 Å². The van der Waals surface area contributed by atoms with Crippen LogP contribution in [-0.2, 0) is 28.7 Å². The van der Waals surface area contributed by atoms with Crippen molar-refractivity contribution in [3.05, 3.63) is 48.6 Å². The standard InChI is InChI=1S/C24H34O6S3/c1-15(2)21(25)29-11-9-19(32-23(27)17(5)6)13-31-14-20(33-24(28)18(7)8)10-12-30-22(26)16(3)4/h19-20H,1,3,5,7,9-14H2,2,4,6,8H3. The van der Waals surface area contributed by atoms with E-state index in [4.69, 9.17) is 9.47 Å². The third-order valence-corrected chi connectivity index (χ3v) is 8.19. The summed E-state index contributed by atoms with van der Waals surface area (Å²) in [4.78, 5) is 47.5. The Morgan fingerprint density at radius 1 is 0.636 bits per heavy atom. The molecule has 0 aromatic rings. The third kappa shape index (κ3) is 14.9. The summed E-state index contributed by atoms with van der Waals surface area (Å²) in [6.45, 7) is 21.3. The van der Waals surface area contributed by atoms with Crippen molar-refractivity contribution >= 4 is 57.5 Å². The molecule has 0 saturated carbocycles. The van der Waals surface area contributed by atoms with E-state index in [1.54, 1.807) is 39.5 Å². The maximum absolute atomic E-state index is 12.2. The zero-order valence-electron chi connectivity index (χ0n) is 19.9. The molecule has 0 aromatic heterocycles. The van der Waals surface area contributed by atoms with Gasteiger partial charge in [0, 0.05) is 33.2 Å². The number of carbonyl (C=O) groups is 4. The van der Waals surface area contributed by atoms with E-state index in [0.717, 1.165) is 0 Å². The minimum atomic E-state index is -0.461. The first-order valence-electron chi connectivity index (χ1n) is 10.3. The van der Waals surface area contributed by atoms with Crippen molar-refractivity contribution in [1.29, 1.82) is 0 Å². The van der Waals surface area contributed by atoms with Crippen LogP contribution in [0.15, 0.2) is 48.6 Å². The van der Waals surface area contributed by atoms with Gasteiger partial charge in [-0.3, -0.25) is 9.59 Å². The van der Waals surface area contributed by atoms with Gasteiger partial charge in [-0.05, 0) is 51.7 Å². The molecule has 0 aliphatic rings. The molecule has 0 heterocycles. The van der Waals surface area contributed by atoms with Crippen LogP contribution in [0.4, 0.5) is 0 Å². The second kappa shape index (κ2) is 16.8. The number of carbonyl (C=O) groups excluding carboxylic acids is 4. The maximum Gasteiger partial charge on any atom is 0.333 e. The van der Waals surface area contributed by atoms with Crippen LogP contribution in [0.1, 0.15) is 40.5 Å². The number of esters is 2. The monoisotopic (exact) mass is 514 g/mol. The molecule has 184 valence electrons. The Morgan fingerprint density at radius 3 is 1.24 bits per heavy atom. The van der Waals surface area contributed by atoms with Crippen molar-refractivity contribution in [2.24, 2.45) is 0 Å². The minimum absolute atomic E-state index is 0.0964. The van der Waals surface area contributed by atoms with Crippen LogP contribution in [0.25, 0.3) is 0 Å². The lowest BCUT2D eigenvalue weighted by atomic mass is 10.3. The quantitative estimate of drug-likeness (QED) is 0.205. The van der Waals surface area contributed by atoms with Crippen LogP contribution in [-0.4, -0.2) is 57.4 Å². The zero-order valence-corrected chi connectivity index (χ0v) is 22.3. The number of ether oxygens (including phenoxy) is 2. The van der Waals surface area contributed by atoms with E-state index in [2.05, 4.69) is 26.3 Å². The normalized spacial score (nSPS) is 12.2. The number of hydrogen-bond donors (Lipinski definition) is 0. The van der Waals surface area contributed by atoms with Crippen molar-refractivity contribution in [1.82, 2.24) is 0 Å². The Kier molecular flexibility index (Phi) is 16.0. The molecule has 0 aromatic carbocycles. The molecule has 0 aliphatic heterocycles. The van der Waals surface area contributed by atoms with Crippen molar-refractivity contribution in [3.63, 3.8) is 0 Å². The Bertz CT molecular complexity index is 723. The molecule has 9 heteroatoms. The summed E-state index contributed by atoms with van der Waals surface area (Å²) in [6, 6.07) is 0. The molecule has 0 radical (unpaired) electrons. The lowest BCUT2D eigenvalue weighted by Crippen LogP contribution is -2.19. The van der Waals surface area contributed by atoms with Gasteiger partial charge < -0.3 is 9.47 Å². The Morgan fingerprint density at radius 2 is 0.970 bits per heavy atom. The summed E-state index contributed by atoms with van der Waals surface area (Å²) >= 11 is 3.92. The first-order chi connectivity index (χ1) is 15.3. The number of thioether (sulfide) groups is 3. The lowest BCUT2D eigenvalue weighted by Gasteiger charge is -2.19. The molecule has 0 N–H and O–H groups in total. The molecule has 2 unspecified atom stereocenters. The maximum atomic E-state index is 12.2. The molecule has 0 saturated heterocycles. The summed E-state index contributed by atoms with van der Waals surface area (Å²) in [5.74, 6) is 0.296. The predicted molar refractivity (Wildman–Crippen MR) is 141 cm³/mol. The topological polar surface area (TPSA) is 86.7 Å². The largest absolute Gasteiger partial charge is 0.462 e. The first-order valence-corrected chi connectivity index (χ1v) is 13.2. The summed E-state index contributed by atoms with van der Waals surface area (Å²) in [5.41, 5.74) is 1.55. The Labute approximate surface area is 210 Å². The van der Waals surface area contributed by atoms with Crippen molar-refractivity contribution in [3.8, 4) is 0 Å². The van der Waals surface area contributed by atoms with Crippen molar-refractivity contribution in [2.45, 2.75) is 51.0 Å². The molecular weight excluding hydrogens is 480 g/mol. The highest BCUT2D eigenvalue weighted by Gasteiger charge is 2.20. The van der Waals surface area contributed by atoms with Gasteiger partial charge in [0.1, 0.15) is 0 Å². The predicted octanol–water partition coefficient (Wildman–Crippen LogP) is 5.15. The van der Waals surface area contributed by atoms with Gasteiger partial charge in [-0.2, -0.15) is 11.8 Å². The van der Waals surface area contributed by atoms with Crippen LogP contribution in [0.5, 0.6) is 0 Å². The molecule has 0 bridgehead atoms. The van der Waals surface area contributed by atoms with E-state index in [1.165, 1.54) is 23.5 Å². The van der Waals surface area contributed by atoms with E-state index in [1.807, 2.05) is 0 Å². The van der Waals surface area contributed by atoms with Gasteiger partial charge in [0.25, 0.3) is 0 Å². The van der Waals surface area contributed by atoms with Crippen molar-refractivity contribution in [2.75, 3.05) is 24.7 Å². The van der Waals surface area contributed by atoms with E-state index < -0.39 is 11.9 Å². The number of hydrogen-bond acceptors (Lipinski definition) is 9. The fourth-order valence-corrected chi connectivity index (χ4v) is 5.55. The first kappa shape index (κ1) is 31.3. The Hall–Kier alpha value is -1.71. The smallest absolute Gasteiger partial charge is 0.333 e. The highest BCUT2D eigenvalue weighted by molar-refractivity contribution is 8.16. The van der Waals surface area contributed by atoms with Gasteiger partial charge in [-0.15, -0.1) is 0 Å². The van der Waals surface area contributed by atoms with Gasteiger partial charge in [-0.1, -0.05) is 49.8 Å². The molecule has 33 heavy (non-hydrogen) atoms. The van der Waals surface area contributed by atoms with Gasteiger partial charge in [0.2, 0.25) is 10.2 Å². The van der Waals surface area contributed by atoms with Crippen molar-refractivity contribution < 1.29 is 28.7 Å².